The molecule has 4 nitrogen and oxygen atoms in total. The number of nitrogens with zero attached hydrogens (tertiary/aromatic N) is 1. The van der Waals surface area contributed by atoms with Crippen LogP contribution in [0.5, 0.6) is 5.75 Å². The first kappa shape index (κ1) is 14.9. The van der Waals surface area contributed by atoms with E-state index in [0.29, 0.717) is 10.6 Å². The molecule has 2 rings (SSSR count). The van der Waals surface area contributed by atoms with E-state index in [4.69, 9.17) is 34.8 Å². The predicted molar refractivity (Wildman–Crippen MR) is 77.7 cm³/mol. The Bertz CT molecular complexity index is 689. The van der Waals surface area contributed by atoms with Gasteiger partial charge in [0.2, 0.25) is 0 Å². The van der Waals surface area contributed by atoms with Gasteiger partial charge in [-0.3, -0.25) is 4.98 Å². The number of halogens is 3. The number of ether oxygens (including phenoxy) is 1. The normalized spacial score (nSPS) is 10.4. The molecular weight excluding hydrogens is 325 g/mol. The second-order valence-corrected chi connectivity index (χ2v) is 5.04. The lowest BCUT2D eigenvalue weighted by atomic mass is 10.0. The number of carbonyl (C=O) groups is 1. The van der Waals surface area contributed by atoms with Crippen LogP contribution in [0.3, 0.4) is 0 Å². The molecule has 0 amide bonds. The largest absolute Gasteiger partial charge is 0.505 e. The van der Waals surface area contributed by atoms with Crippen molar-refractivity contribution in [2.75, 3.05) is 7.11 Å². The molecule has 0 saturated carbocycles. The number of benzene rings is 1. The minimum absolute atomic E-state index is 0.0530. The van der Waals surface area contributed by atoms with Gasteiger partial charge in [-0.05, 0) is 12.1 Å². The fourth-order valence-corrected chi connectivity index (χ4v) is 2.43. The highest BCUT2D eigenvalue weighted by molar-refractivity contribution is 6.45. The number of rotatable bonds is 2. The van der Waals surface area contributed by atoms with E-state index in [1.54, 1.807) is 0 Å². The zero-order valence-electron chi connectivity index (χ0n) is 10.2. The zero-order valence-corrected chi connectivity index (χ0v) is 12.4. The van der Waals surface area contributed by atoms with Gasteiger partial charge in [0.15, 0.2) is 0 Å². The number of methoxy groups -OCH3 is 1. The van der Waals surface area contributed by atoms with Crippen LogP contribution in [0, 0.1) is 0 Å². The molecule has 0 aliphatic carbocycles. The highest BCUT2D eigenvalue weighted by atomic mass is 35.5. The topological polar surface area (TPSA) is 59.4 Å². The van der Waals surface area contributed by atoms with Crippen molar-refractivity contribution in [2.24, 2.45) is 0 Å². The van der Waals surface area contributed by atoms with Gasteiger partial charge in [-0.1, -0.05) is 34.8 Å². The SMILES string of the molecule is COC(=O)c1c(O)cncc1-c1cc(Cl)cc(Cl)c1Cl. The van der Waals surface area contributed by atoms with Gasteiger partial charge in [0.25, 0.3) is 0 Å². The van der Waals surface area contributed by atoms with Gasteiger partial charge in [-0.25, -0.2) is 4.79 Å². The lowest BCUT2D eigenvalue weighted by molar-refractivity contribution is 0.0598. The van der Waals surface area contributed by atoms with E-state index in [1.165, 1.54) is 25.4 Å². The van der Waals surface area contributed by atoms with Gasteiger partial charge in [0.05, 0.1) is 23.4 Å². The van der Waals surface area contributed by atoms with Gasteiger partial charge in [0, 0.05) is 22.3 Å². The lowest BCUT2D eigenvalue weighted by Crippen LogP contribution is -2.05. The number of carbonyl (C=O) groups excluding carboxylic acids is 1. The molecule has 0 atom stereocenters. The van der Waals surface area contributed by atoms with Crippen LogP contribution in [-0.4, -0.2) is 23.2 Å². The van der Waals surface area contributed by atoms with Crippen LogP contribution in [0.2, 0.25) is 15.1 Å². The molecule has 104 valence electrons. The Kier molecular flexibility index (Phi) is 4.38. The average Bonchev–Trinajstić information content (AvgIpc) is 2.41. The first-order valence-electron chi connectivity index (χ1n) is 5.36. The van der Waals surface area contributed by atoms with Crippen molar-refractivity contribution in [3.05, 3.63) is 45.2 Å². The van der Waals surface area contributed by atoms with E-state index in [-0.39, 0.29) is 26.9 Å². The first-order valence-corrected chi connectivity index (χ1v) is 6.49. The molecule has 7 heteroatoms. The predicted octanol–water partition coefficient (Wildman–Crippen LogP) is 4.20. The van der Waals surface area contributed by atoms with Crippen LogP contribution in [-0.2, 0) is 4.74 Å². The molecule has 0 fully saturated rings. The average molecular weight is 333 g/mol. The van der Waals surface area contributed by atoms with Crippen molar-refractivity contribution >= 4 is 40.8 Å². The Morgan fingerprint density at radius 2 is 1.90 bits per heavy atom. The summed E-state index contributed by atoms with van der Waals surface area (Å²) in [6.07, 6.45) is 2.51. The molecule has 0 radical (unpaired) electrons. The standard InChI is InChI=1S/C13H8Cl3NO3/c1-20-13(19)11-8(4-17-5-10(11)18)7-2-6(14)3-9(15)12(7)16/h2-5,18H,1H3. The zero-order chi connectivity index (χ0) is 14.9. The van der Waals surface area contributed by atoms with Crippen LogP contribution in [0.15, 0.2) is 24.5 Å². The van der Waals surface area contributed by atoms with E-state index in [2.05, 4.69) is 9.72 Å². The first-order chi connectivity index (χ1) is 9.45. The number of aromatic hydroxyl groups is 1. The van der Waals surface area contributed by atoms with Gasteiger partial charge in [-0.2, -0.15) is 0 Å². The Hall–Kier alpha value is -1.49. The van der Waals surface area contributed by atoms with Crippen LogP contribution < -0.4 is 0 Å². The number of esters is 1. The summed E-state index contributed by atoms with van der Waals surface area (Å²) >= 11 is 18.0. The second kappa shape index (κ2) is 5.87. The van der Waals surface area contributed by atoms with Crippen molar-refractivity contribution in [1.82, 2.24) is 4.98 Å². The fourth-order valence-electron chi connectivity index (χ4n) is 1.72. The summed E-state index contributed by atoms with van der Waals surface area (Å²) in [4.78, 5) is 15.6. The van der Waals surface area contributed by atoms with Crippen LogP contribution in [0.25, 0.3) is 11.1 Å². The maximum absolute atomic E-state index is 11.8. The van der Waals surface area contributed by atoms with Crippen molar-refractivity contribution < 1.29 is 14.6 Å². The van der Waals surface area contributed by atoms with E-state index < -0.39 is 5.97 Å². The molecule has 0 unspecified atom stereocenters. The Morgan fingerprint density at radius 1 is 1.20 bits per heavy atom. The summed E-state index contributed by atoms with van der Waals surface area (Å²) in [5.74, 6) is -1.03. The Balaban J connectivity index is 2.77. The molecule has 1 aromatic heterocycles. The van der Waals surface area contributed by atoms with Crippen molar-refractivity contribution in [2.45, 2.75) is 0 Å². The molecule has 1 heterocycles. The molecule has 1 N–H and O–H groups in total. The van der Waals surface area contributed by atoms with Gasteiger partial charge < -0.3 is 9.84 Å². The third-order valence-electron chi connectivity index (χ3n) is 2.60. The number of hydrogen-bond donors (Lipinski definition) is 1. The quantitative estimate of drug-likeness (QED) is 0.661. The summed E-state index contributed by atoms with van der Waals surface area (Å²) in [5, 5.41) is 10.6. The molecule has 0 aliphatic heterocycles. The third-order valence-corrected chi connectivity index (χ3v) is 3.62. The van der Waals surface area contributed by atoms with E-state index in [0.717, 1.165) is 6.20 Å². The minimum atomic E-state index is -0.716. The maximum Gasteiger partial charge on any atom is 0.342 e. The number of hydrogen-bond acceptors (Lipinski definition) is 4. The molecule has 0 aliphatic rings. The summed E-state index contributed by atoms with van der Waals surface area (Å²) in [6, 6.07) is 3.00. The number of pyridine rings is 1. The van der Waals surface area contributed by atoms with Gasteiger partial charge in [-0.15, -0.1) is 0 Å². The van der Waals surface area contributed by atoms with Gasteiger partial charge in [0.1, 0.15) is 11.3 Å². The molecule has 0 bridgehead atoms. The molecule has 20 heavy (non-hydrogen) atoms. The number of aromatic nitrogens is 1. The highest BCUT2D eigenvalue weighted by Crippen LogP contribution is 2.39. The molecule has 2 aromatic rings. The van der Waals surface area contributed by atoms with E-state index in [9.17, 15) is 9.90 Å². The summed E-state index contributed by atoms with van der Waals surface area (Å²) in [6.45, 7) is 0. The van der Waals surface area contributed by atoms with E-state index in [1.807, 2.05) is 0 Å². The summed E-state index contributed by atoms with van der Waals surface area (Å²) < 4.78 is 4.64. The highest BCUT2D eigenvalue weighted by Gasteiger charge is 2.21. The minimum Gasteiger partial charge on any atom is -0.505 e. The molecule has 0 saturated heterocycles. The third kappa shape index (κ3) is 2.68. The Morgan fingerprint density at radius 3 is 2.55 bits per heavy atom. The monoisotopic (exact) mass is 331 g/mol. The van der Waals surface area contributed by atoms with Crippen LogP contribution in [0.4, 0.5) is 0 Å². The lowest BCUT2D eigenvalue weighted by Gasteiger charge is -2.12. The fraction of sp³-hybridized carbons (Fsp3) is 0.0769. The van der Waals surface area contributed by atoms with Gasteiger partial charge >= 0.3 is 5.97 Å². The smallest absolute Gasteiger partial charge is 0.342 e. The maximum atomic E-state index is 11.8. The molecule has 0 spiro atoms. The summed E-state index contributed by atoms with van der Waals surface area (Å²) in [5.41, 5.74) is 0.613. The van der Waals surface area contributed by atoms with Crippen LogP contribution >= 0.6 is 34.8 Å². The summed E-state index contributed by atoms with van der Waals surface area (Å²) in [7, 11) is 1.21. The van der Waals surface area contributed by atoms with Crippen molar-refractivity contribution in [3.8, 4) is 16.9 Å². The molecule has 1 aromatic carbocycles. The molecular formula is C13H8Cl3NO3. The van der Waals surface area contributed by atoms with Crippen molar-refractivity contribution in [1.29, 1.82) is 0 Å². The van der Waals surface area contributed by atoms with Crippen molar-refractivity contribution in [3.63, 3.8) is 0 Å². The Labute approximate surface area is 129 Å². The second-order valence-electron chi connectivity index (χ2n) is 3.82. The van der Waals surface area contributed by atoms with E-state index >= 15 is 0 Å². The van der Waals surface area contributed by atoms with Crippen LogP contribution in [0.1, 0.15) is 10.4 Å².